The number of para-hydroxylation sites is 1. The lowest BCUT2D eigenvalue weighted by molar-refractivity contribution is 0.0541. The predicted molar refractivity (Wildman–Crippen MR) is 73.0 cm³/mol. The first-order chi connectivity index (χ1) is 8.85. The zero-order chi connectivity index (χ0) is 14.2. The lowest BCUT2D eigenvalue weighted by Gasteiger charge is -2.20. The summed E-state index contributed by atoms with van der Waals surface area (Å²) in [5.74, 6) is 0. The van der Waals surface area contributed by atoms with Crippen LogP contribution in [-0.2, 0) is 4.74 Å². The molecule has 0 N–H and O–H groups in total. The number of hydrogen-bond acceptors (Lipinski definition) is 3. The number of carbonyl (C=O) groups is 1. The van der Waals surface area contributed by atoms with Crippen molar-refractivity contribution < 1.29 is 9.53 Å². The Labute approximate surface area is 112 Å². The van der Waals surface area contributed by atoms with Crippen LogP contribution in [0.4, 0.5) is 4.79 Å². The van der Waals surface area contributed by atoms with Crippen molar-refractivity contribution in [1.82, 2.24) is 4.57 Å². The Kier molecular flexibility index (Phi) is 3.07. The minimum Gasteiger partial charge on any atom is -0.443 e. The van der Waals surface area contributed by atoms with Gasteiger partial charge in [0, 0.05) is 11.1 Å². The van der Waals surface area contributed by atoms with E-state index in [4.69, 9.17) is 4.74 Å². The third kappa shape index (κ3) is 2.32. The van der Waals surface area contributed by atoms with Gasteiger partial charge < -0.3 is 4.74 Å². The van der Waals surface area contributed by atoms with E-state index in [9.17, 15) is 10.1 Å². The number of fused-ring (bicyclic) bond motifs is 1. The van der Waals surface area contributed by atoms with Gasteiger partial charge in [-0.25, -0.2) is 9.36 Å². The number of benzene rings is 1. The molecule has 0 bridgehead atoms. The Morgan fingerprint density at radius 1 is 1.32 bits per heavy atom. The van der Waals surface area contributed by atoms with Crippen LogP contribution in [0.3, 0.4) is 0 Å². The summed E-state index contributed by atoms with van der Waals surface area (Å²) in [4.78, 5) is 12.3. The van der Waals surface area contributed by atoms with Gasteiger partial charge >= 0.3 is 6.09 Å². The Morgan fingerprint density at radius 2 is 1.95 bits per heavy atom. The van der Waals surface area contributed by atoms with E-state index in [1.807, 2.05) is 45.0 Å². The molecule has 0 aliphatic heterocycles. The highest BCUT2D eigenvalue weighted by Crippen LogP contribution is 2.26. The summed E-state index contributed by atoms with van der Waals surface area (Å²) < 4.78 is 6.84. The fraction of sp³-hybridized carbons (Fsp3) is 0.333. The smallest absolute Gasteiger partial charge is 0.419 e. The zero-order valence-corrected chi connectivity index (χ0v) is 11.5. The maximum absolute atomic E-state index is 12.3. The standard InChI is InChI=1S/C15H16N2O2/c1-10-12(9-16)11-7-5-6-8-13(11)17(10)14(18)19-15(2,3)4/h5-8H,1-4H3. The van der Waals surface area contributed by atoms with Crippen LogP contribution in [0, 0.1) is 18.3 Å². The van der Waals surface area contributed by atoms with Crippen molar-refractivity contribution in [3.05, 3.63) is 35.5 Å². The Morgan fingerprint density at radius 3 is 2.53 bits per heavy atom. The van der Waals surface area contributed by atoms with E-state index < -0.39 is 11.7 Å². The fourth-order valence-corrected chi connectivity index (χ4v) is 2.05. The van der Waals surface area contributed by atoms with E-state index in [-0.39, 0.29) is 0 Å². The average molecular weight is 256 g/mol. The number of rotatable bonds is 0. The molecular formula is C15H16N2O2. The van der Waals surface area contributed by atoms with Crippen LogP contribution in [-0.4, -0.2) is 16.3 Å². The maximum Gasteiger partial charge on any atom is 0.419 e. The highest BCUT2D eigenvalue weighted by atomic mass is 16.6. The first kappa shape index (κ1) is 13.2. The first-order valence-electron chi connectivity index (χ1n) is 6.08. The van der Waals surface area contributed by atoms with Gasteiger partial charge in [0.05, 0.1) is 11.1 Å². The Hall–Kier alpha value is -2.28. The van der Waals surface area contributed by atoms with Crippen LogP contribution in [0.1, 0.15) is 32.0 Å². The van der Waals surface area contributed by atoms with Crippen molar-refractivity contribution in [2.24, 2.45) is 0 Å². The fourth-order valence-electron chi connectivity index (χ4n) is 2.05. The van der Waals surface area contributed by atoms with E-state index in [1.54, 1.807) is 6.92 Å². The second-order valence-electron chi connectivity index (χ2n) is 5.41. The molecule has 1 heterocycles. The molecule has 1 aromatic heterocycles. The molecule has 0 amide bonds. The van der Waals surface area contributed by atoms with Crippen LogP contribution in [0.5, 0.6) is 0 Å². The lowest BCUT2D eigenvalue weighted by Crippen LogP contribution is -2.27. The Balaban J connectivity index is 2.65. The lowest BCUT2D eigenvalue weighted by atomic mass is 10.1. The molecule has 0 fully saturated rings. The van der Waals surface area contributed by atoms with Gasteiger partial charge in [0.25, 0.3) is 0 Å². The Bertz CT molecular complexity index is 684. The summed E-state index contributed by atoms with van der Waals surface area (Å²) in [5.41, 5.74) is 1.26. The number of carbonyl (C=O) groups excluding carboxylic acids is 1. The van der Waals surface area contributed by atoms with E-state index in [1.165, 1.54) is 4.57 Å². The number of nitriles is 1. The van der Waals surface area contributed by atoms with Crippen molar-refractivity contribution in [2.75, 3.05) is 0 Å². The zero-order valence-electron chi connectivity index (χ0n) is 11.5. The van der Waals surface area contributed by atoms with Crippen molar-refractivity contribution in [3.63, 3.8) is 0 Å². The quantitative estimate of drug-likeness (QED) is 0.723. The van der Waals surface area contributed by atoms with Gasteiger partial charge in [0.1, 0.15) is 11.7 Å². The van der Waals surface area contributed by atoms with E-state index >= 15 is 0 Å². The topological polar surface area (TPSA) is 55.0 Å². The molecule has 1 aromatic carbocycles. The number of nitrogens with zero attached hydrogens (tertiary/aromatic N) is 2. The second kappa shape index (κ2) is 4.43. The molecule has 19 heavy (non-hydrogen) atoms. The van der Waals surface area contributed by atoms with Crippen molar-refractivity contribution in [3.8, 4) is 6.07 Å². The molecule has 0 unspecified atom stereocenters. The average Bonchev–Trinajstić information content (AvgIpc) is 2.58. The minimum atomic E-state index is -0.568. The largest absolute Gasteiger partial charge is 0.443 e. The molecule has 4 heteroatoms. The number of ether oxygens (including phenoxy) is 1. The van der Waals surface area contributed by atoms with Gasteiger partial charge in [-0.15, -0.1) is 0 Å². The third-order valence-electron chi connectivity index (χ3n) is 2.80. The van der Waals surface area contributed by atoms with Crippen molar-refractivity contribution in [1.29, 1.82) is 5.26 Å². The molecule has 0 saturated carbocycles. The molecular weight excluding hydrogens is 240 g/mol. The SMILES string of the molecule is Cc1c(C#N)c2ccccc2n1C(=O)OC(C)(C)C. The van der Waals surface area contributed by atoms with Gasteiger partial charge in [-0.05, 0) is 33.8 Å². The predicted octanol–water partition coefficient (Wildman–Crippen LogP) is 3.60. The van der Waals surface area contributed by atoms with Crippen LogP contribution in [0.2, 0.25) is 0 Å². The van der Waals surface area contributed by atoms with Crippen LogP contribution >= 0.6 is 0 Å². The molecule has 0 aliphatic rings. The van der Waals surface area contributed by atoms with Crippen LogP contribution in [0.25, 0.3) is 10.9 Å². The summed E-state index contributed by atoms with van der Waals surface area (Å²) in [7, 11) is 0. The van der Waals surface area contributed by atoms with E-state index in [0.717, 1.165) is 5.39 Å². The molecule has 4 nitrogen and oxygen atoms in total. The van der Waals surface area contributed by atoms with Gasteiger partial charge in [-0.3, -0.25) is 0 Å². The molecule has 0 radical (unpaired) electrons. The van der Waals surface area contributed by atoms with Crippen LogP contribution in [0.15, 0.2) is 24.3 Å². The third-order valence-corrected chi connectivity index (χ3v) is 2.80. The number of hydrogen-bond donors (Lipinski definition) is 0. The normalized spacial score (nSPS) is 11.3. The van der Waals surface area contributed by atoms with Crippen molar-refractivity contribution in [2.45, 2.75) is 33.3 Å². The molecule has 98 valence electrons. The molecule has 0 saturated heterocycles. The van der Waals surface area contributed by atoms with Gasteiger partial charge in [0.2, 0.25) is 0 Å². The van der Waals surface area contributed by atoms with E-state index in [0.29, 0.717) is 16.8 Å². The van der Waals surface area contributed by atoms with Gasteiger partial charge in [-0.1, -0.05) is 18.2 Å². The van der Waals surface area contributed by atoms with Crippen LogP contribution < -0.4 is 0 Å². The summed E-state index contributed by atoms with van der Waals surface area (Å²) in [6.07, 6.45) is -0.456. The maximum atomic E-state index is 12.3. The van der Waals surface area contributed by atoms with E-state index in [2.05, 4.69) is 6.07 Å². The molecule has 0 spiro atoms. The molecule has 2 rings (SSSR count). The molecule has 0 aliphatic carbocycles. The summed E-state index contributed by atoms with van der Waals surface area (Å²) >= 11 is 0. The summed E-state index contributed by atoms with van der Waals surface area (Å²) in [6, 6.07) is 9.48. The highest BCUT2D eigenvalue weighted by Gasteiger charge is 2.23. The minimum absolute atomic E-state index is 0.456. The summed E-state index contributed by atoms with van der Waals surface area (Å²) in [5, 5.41) is 10.0. The number of aromatic nitrogens is 1. The van der Waals surface area contributed by atoms with Gasteiger partial charge in [-0.2, -0.15) is 5.26 Å². The second-order valence-corrected chi connectivity index (χ2v) is 5.41. The van der Waals surface area contributed by atoms with Crippen molar-refractivity contribution >= 4 is 17.0 Å². The monoisotopic (exact) mass is 256 g/mol. The molecule has 0 atom stereocenters. The van der Waals surface area contributed by atoms with Gasteiger partial charge in [0.15, 0.2) is 0 Å². The first-order valence-corrected chi connectivity index (χ1v) is 6.08. The summed E-state index contributed by atoms with van der Waals surface area (Å²) in [6.45, 7) is 7.20. The molecule has 2 aromatic rings. The highest BCUT2D eigenvalue weighted by molar-refractivity contribution is 5.95.